The van der Waals surface area contributed by atoms with E-state index in [4.69, 9.17) is 4.42 Å². The summed E-state index contributed by atoms with van der Waals surface area (Å²) in [4.78, 5) is 17.4. The van der Waals surface area contributed by atoms with Gasteiger partial charge in [0.15, 0.2) is 11.7 Å². The molecule has 3 N–H and O–H groups in total. The Morgan fingerprint density at radius 1 is 0.921 bits per heavy atom. The molecule has 5 rings (SSSR count). The van der Waals surface area contributed by atoms with Crippen LogP contribution in [-0.2, 0) is 0 Å². The number of aliphatic hydroxyl groups is 3. The van der Waals surface area contributed by atoms with Crippen LogP contribution in [0.4, 0.5) is 13.2 Å². The van der Waals surface area contributed by atoms with Crippen LogP contribution in [0.3, 0.4) is 0 Å². The van der Waals surface area contributed by atoms with E-state index in [2.05, 4.69) is 4.98 Å². The number of rotatable bonds is 4. The maximum Gasteiger partial charge on any atom is 0.255 e. The lowest BCUT2D eigenvalue weighted by molar-refractivity contribution is -0.0922. The van der Waals surface area contributed by atoms with Crippen molar-refractivity contribution in [3.8, 4) is 28.3 Å². The highest BCUT2D eigenvalue weighted by Crippen LogP contribution is 2.40. The van der Waals surface area contributed by atoms with Crippen LogP contribution in [0.5, 0.6) is 0 Å². The molecule has 1 saturated carbocycles. The zero-order valence-electron chi connectivity index (χ0n) is 20.5. The number of aromatic nitrogens is 2. The van der Waals surface area contributed by atoms with Gasteiger partial charge in [0, 0.05) is 29.8 Å². The number of halogens is 3. The Balaban J connectivity index is 1.69. The fourth-order valence-electron chi connectivity index (χ4n) is 5.06. The van der Waals surface area contributed by atoms with E-state index in [9.17, 15) is 33.3 Å². The van der Waals surface area contributed by atoms with E-state index in [0.717, 1.165) is 6.07 Å². The van der Waals surface area contributed by atoms with Crippen LogP contribution in [0.15, 0.2) is 57.9 Å². The van der Waals surface area contributed by atoms with Crippen molar-refractivity contribution >= 4 is 0 Å². The average Bonchev–Trinajstić information content (AvgIpc) is 3.28. The Labute approximate surface area is 215 Å². The number of hydrogen-bond donors (Lipinski definition) is 3. The summed E-state index contributed by atoms with van der Waals surface area (Å²) in [5.74, 6) is -2.68. The van der Waals surface area contributed by atoms with Gasteiger partial charge in [-0.05, 0) is 68.1 Å². The predicted octanol–water partition coefficient (Wildman–Crippen LogP) is 4.15. The molecule has 0 bridgehead atoms. The van der Waals surface area contributed by atoms with Crippen LogP contribution in [0.2, 0.25) is 0 Å². The quantitative estimate of drug-likeness (QED) is 0.369. The lowest BCUT2D eigenvalue weighted by Gasteiger charge is -2.32. The number of hydrogen-bond acceptors (Lipinski definition) is 6. The van der Waals surface area contributed by atoms with Gasteiger partial charge in [0.05, 0.1) is 23.5 Å². The van der Waals surface area contributed by atoms with Crippen molar-refractivity contribution in [1.29, 1.82) is 0 Å². The molecule has 4 aromatic rings. The number of aryl methyl sites for hydroxylation is 2. The van der Waals surface area contributed by atoms with E-state index in [0.29, 0.717) is 28.4 Å². The third-order valence-electron chi connectivity index (χ3n) is 6.89. The van der Waals surface area contributed by atoms with Crippen molar-refractivity contribution in [2.24, 2.45) is 0 Å². The highest BCUT2D eigenvalue weighted by atomic mass is 19.1. The zero-order valence-corrected chi connectivity index (χ0v) is 20.5. The van der Waals surface area contributed by atoms with E-state index >= 15 is 0 Å². The standard InChI is InChI=1S/C28H25F3N2O5/c1-13-7-18(30)8-14(2)25(13)33-12-15(3-6-23(33)36)24-27(19-5-4-17(29)11-20(19)31)38-28(32-24)16-9-21(34)26(37)22(35)10-16/h3-8,11-12,16,21-22,26,34-35,37H,9-10H2,1-2H3/t16-,21-,22-,26-/m1/s1. The van der Waals surface area contributed by atoms with E-state index in [1.807, 2.05) is 0 Å². The highest BCUT2D eigenvalue weighted by molar-refractivity contribution is 5.77. The molecule has 2 aromatic carbocycles. The van der Waals surface area contributed by atoms with Crippen LogP contribution in [0, 0.1) is 31.3 Å². The zero-order chi connectivity index (χ0) is 27.3. The molecule has 0 saturated heterocycles. The molecule has 0 amide bonds. The molecular weight excluding hydrogens is 501 g/mol. The summed E-state index contributed by atoms with van der Waals surface area (Å²) in [6.45, 7) is 3.35. The molecule has 1 fully saturated rings. The molecule has 0 spiro atoms. The van der Waals surface area contributed by atoms with Crippen molar-refractivity contribution in [2.75, 3.05) is 0 Å². The van der Waals surface area contributed by atoms with Gasteiger partial charge < -0.3 is 19.7 Å². The predicted molar refractivity (Wildman–Crippen MR) is 132 cm³/mol. The molecule has 10 heteroatoms. The average molecular weight is 527 g/mol. The lowest BCUT2D eigenvalue weighted by atomic mass is 9.83. The van der Waals surface area contributed by atoms with Crippen LogP contribution in [-0.4, -0.2) is 43.2 Å². The number of oxazole rings is 1. The van der Waals surface area contributed by atoms with Gasteiger partial charge in [-0.2, -0.15) is 0 Å². The number of aliphatic hydroxyl groups excluding tert-OH is 3. The first-order valence-electron chi connectivity index (χ1n) is 12.0. The summed E-state index contributed by atoms with van der Waals surface area (Å²) in [5.41, 5.74) is 1.56. The van der Waals surface area contributed by atoms with Gasteiger partial charge in [-0.1, -0.05) is 0 Å². The molecule has 2 atom stereocenters. The van der Waals surface area contributed by atoms with Crippen LogP contribution < -0.4 is 5.56 Å². The summed E-state index contributed by atoms with van der Waals surface area (Å²) in [5, 5.41) is 30.3. The first kappa shape index (κ1) is 25.9. The number of benzene rings is 2. The maximum atomic E-state index is 14.9. The largest absolute Gasteiger partial charge is 0.440 e. The van der Waals surface area contributed by atoms with Crippen molar-refractivity contribution in [3.63, 3.8) is 0 Å². The molecule has 1 aliphatic carbocycles. The third kappa shape index (κ3) is 4.66. The molecular formula is C28H25F3N2O5. The molecule has 38 heavy (non-hydrogen) atoms. The third-order valence-corrected chi connectivity index (χ3v) is 6.89. The minimum atomic E-state index is -1.32. The fourth-order valence-corrected chi connectivity index (χ4v) is 5.06. The van der Waals surface area contributed by atoms with Gasteiger partial charge in [0.2, 0.25) is 0 Å². The van der Waals surface area contributed by atoms with Crippen molar-refractivity contribution in [2.45, 2.75) is 50.9 Å². The minimum absolute atomic E-state index is 0.0367. The second-order valence-corrected chi connectivity index (χ2v) is 9.66. The summed E-state index contributed by atoms with van der Waals surface area (Å²) in [6, 6.07) is 8.37. The Kier molecular flexibility index (Phi) is 6.72. The van der Waals surface area contributed by atoms with Crippen molar-refractivity contribution < 1.29 is 32.9 Å². The van der Waals surface area contributed by atoms with Gasteiger partial charge in [-0.25, -0.2) is 18.2 Å². The highest BCUT2D eigenvalue weighted by Gasteiger charge is 2.38. The van der Waals surface area contributed by atoms with E-state index in [1.54, 1.807) is 13.8 Å². The molecule has 0 aliphatic heterocycles. The minimum Gasteiger partial charge on any atom is -0.440 e. The Hall–Kier alpha value is -3.73. The molecule has 0 radical (unpaired) electrons. The maximum absolute atomic E-state index is 14.9. The summed E-state index contributed by atoms with van der Waals surface area (Å²) in [7, 11) is 0. The molecule has 0 unspecified atom stereocenters. The number of nitrogens with zero attached hydrogens (tertiary/aromatic N) is 2. The van der Waals surface area contributed by atoms with Crippen molar-refractivity contribution in [3.05, 3.63) is 93.5 Å². The monoisotopic (exact) mass is 526 g/mol. The SMILES string of the molecule is Cc1cc(F)cc(C)c1-n1cc(-c2nc([C@H]3C[C@@H](O)[C@H](O)[C@H](O)C3)oc2-c2ccc(F)cc2F)ccc1=O. The van der Waals surface area contributed by atoms with Gasteiger partial charge in [0.25, 0.3) is 5.56 Å². The molecule has 7 nitrogen and oxygen atoms in total. The molecule has 2 aromatic heterocycles. The molecule has 1 aliphatic rings. The Morgan fingerprint density at radius 3 is 2.21 bits per heavy atom. The van der Waals surface area contributed by atoms with Gasteiger partial charge in [-0.15, -0.1) is 0 Å². The lowest BCUT2D eigenvalue weighted by Crippen LogP contribution is -2.43. The van der Waals surface area contributed by atoms with Gasteiger partial charge in [0.1, 0.15) is 29.2 Å². The fraction of sp³-hybridized carbons (Fsp3) is 0.286. The second-order valence-electron chi connectivity index (χ2n) is 9.66. The van der Waals surface area contributed by atoms with E-state index in [-0.39, 0.29) is 35.7 Å². The molecule has 2 heterocycles. The smallest absolute Gasteiger partial charge is 0.255 e. The normalized spacial score (nSPS) is 21.6. The summed E-state index contributed by atoms with van der Waals surface area (Å²) < 4.78 is 49.8. The Morgan fingerprint density at radius 2 is 1.58 bits per heavy atom. The summed E-state index contributed by atoms with van der Waals surface area (Å²) in [6.07, 6.45) is -2.21. The van der Waals surface area contributed by atoms with Crippen LogP contribution in [0.25, 0.3) is 28.3 Å². The topological polar surface area (TPSA) is 109 Å². The Bertz CT molecular complexity index is 1550. The van der Waals surface area contributed by atoms with E-state index < -0.39 is 47.2 Å². The first-order chi connectivity index (χ1) is 18.0. The van der Waals surface area contributed by atoms with Gasteiger partial charge in [-0.3, -0.25) is 9.36 Å². The van der Waals surface area contributed by atoms with E-state index in [1.165, 1.54) is 41.1 Å². The first-order valence-corrected chi connectivity index (χ1v) is 12.0. The van der Waals surface area contributed by atoms with Crippen LogP contribution >= 0.6 is 0 Å². The van der Waals surface area contributed by atoms with Gasteiger partial charge >= 0.3 is 0 Å². The summed E-state index contributed by atoms with van der Waals surface area (Å²) >= 11 is 0. The molecule has 198 valence electrons. The van der Waals surface area contributed by atoms with Crippen LogP contribution in [0.1, 0.15) is 35.8 Å². The van der Waals surface area contributed by atoms with Crippen molar-refractivity contribution in [1.82, 2.24) is 9.55 Å². The number of pyridine rings is 1. The second kappa shape index (κ2) is 9.86.